The summed E-state index contributed by atoms with van der Waals surface area (Å²) in [5.41, 5.74) is 6.13. The van der Waals surface area contributed by atoms with Crippen LogP contribution in [0.15, 0.2) is 18.2 Å². The lowest BCUT2D eigenvalue weighted by Gasteiger charge is -2.15. The first kappa shape index (κ1) is 13.9. The van der Waals surface area contributed by atoms with Gasteiger partial charge < -0.3 is 15.2 Å². The monoisotopic (exact) mass is 241 g/mol. The second kappa shape index (κ2) is 6.57. The van der Waals surface area contributed by atoms with Gasteiger partial charge in [-0.2, -0.15) is 0 Å². The largest absolute Gasteiger partial charge is 0.491 e. The highest BCUT2D eigenvalue weighted by Gasteiger charge is 2.13. The molecule has 0 heterocycles. The summed E-state index contributed by atoms with van der Waals surface area (Å²) in [6, 6.07) is 4.32. The number of halogens is 1. The van der Waals surface area contributed by atoms with Crippen LogP contribution in [0.4, 0.5) is 4.39 Å². The summed E-state index contributed by atoms with van der Waals surface area (Å²) in [4.78, 5) is 0. The quantitative estimate of drug-likeness (QED) is 0.779. The molecule has 96 valence electrons. The van der Waals surface area contributed by atoms with Crippen LogP contribution in [-0.2, 0) is 4.74 Å². The maximum atomic E-state index is 13.5. The van der Waals surface area contributed by atoms with Crippen molar-refractivity contribution in [3.63, 3.8) is 0 Å². The van der Waals surface area contributed by atoms with E-state index in [1.165, 1.54) is 6.07 Å². The van der Waals surface area contributed by atoms with Crippen LogP contribution in [0.2, 0.25) is 0 Å². The number of ether oxygens (including phenoxy) is 2. The molecule has 0 spiro atoms. The van der Waals surface area contributed by atoms with Gasteiger partial charge in [0.1, 0.15) is 18.2 Å². The molecule has 1 atom stereocenters. The molecule has 0 radical (unpaired) electrons. The molecule has 4 heteroatoms. The fraction of sp³-hybridized carbons (Fsp3) is 0.538. The van der Waals surface area contributed by atoms with Gasteiger partial charge in [-0.1, -0.05) is 6.07 Å². The predicted molar refractivity (Wildman–Crippen MR) is 65.6 cm³/mol. The molecule has 1 aromatic rings. The Morgan fingerprint density at radius 3 is 2.53 bits per heavy atom. The third kappa shape index (κ3) is 4.32. The van der Waals surface area contributed by atoms with Crippen LogP contribution in [0.3, 0.4) is 0 Å². The molecule has 0 aromatic heterocycles. The maximum Gasteiger partial charge on any atom is 0.131 e. The Morgan fingerprint density at radius 1 is 1.24 bits per heavy atom. The van der Waals surface area contributed by atoms with Gasteiger partial charge in [-0.15, -0.1) is 0 Å². The van der Waals surface area contributed by atoms with Gasteiger partial charge in [-0.3, -0.25) is 0 Å². The van der Waals surface area contributed by atoms with Crippen LogP contribution in [0.5, 0.6) is 5.75 Å². The molecule has 1 aromatic carbocycles. The van der Waals surface area contributed by atoms with Crippen molar-refractivity contribution < 1.29 is 13.9 Å². The lowest BCUT2D eigenvalue weighted by molar-refractivity contribution is 0.0549. The minimum atomic E-state index is -0.391. The van der Waals surface area contributed by atoms with Crippen LogP contribution >= 0.6 is 0 Å². The summed E-state index contributed by atoms with van der Waals surface area (Å²) in [7, 11) is 0. The maximum absolute atomic E-state index is 13.5. The number of nitrogens with two attached hydrogens (primary N) is 1. The highest BCUT2D eigenvalue weighted by Crippen LogP contribution is 2.26. The van der Waals surface area contributed by atoms with E-state index in [4.69, 9.17) is 15.2 Å². The molecule has 0 fully saturated rings. The average Bonchev–Trinajstić information content (AvgIpc) is 2.23. The Bertz CT molecular complexity index is 353. The van der Waals surface area contributed by atoms with E-state index in [2.05, 4.69) is 0 Å². The Morgan fingerprint density at radius 2 is 1.94 bits per heavy atom. The van der Waals surface area contributed by atoms with Gasteiger partial charge in [0.25, 0.3) is 0 Å². The van der Waals surface area contributed by atoms with Crippen molar-refractivity contribution >= 4 is 0 Å². The van der Waals surface area contributed by atoms with Crippen molar-refractivity contribution in [1.29, 1.82) is 0 Å². The van der Waals surface area contributed by atoms with E-state index in [1.807, 2.05) is 13.8 Å². The van der Waals surface area contributed by atoms with Crippen LogP contribution < -0.4 is 10.5 Å². The SMILES string of the molecule is CC(C)OCCOc1cccc(F)c1C(C)N. The first-order chi connectivity index (χ1) is 8.02. The van der Waals surface area contributed by atoms with E-state index in [0.29, 0.717) is 24.5 Å². The lowest BCUT2D eigenvalue weighted by atomic mass is 10.1. The second-order valence-electron chi connectivity index (χ2n) is 4.21. The van der Waals surface area contributed by atoms with Crippen molar-refractivity contribution in [2.24, 2.45) is 5.73 Å². The van der Waals surface area contributed by atoms with Crippen LogP contribution in [0, 0.1) is 5.82 Å². The third-order valence-corrected chi connectivity index (χ3v) is 2.26. The van der Waals surface area contributed by atoms with Gasteiger partial charge in [-0.05, 0) is 32.9 Å². The molecule has 0 bridgehead atoms. The van der Waals surface area contributed by atoms with Gasteiger partial charge in [0.2, 0.25) is 0 Å². The normalized spacial score (nSPS) is 12.8. The van der Waals surface area contributed by atoms with Crippen molar-refractivity contribution in [2.45, 2.75) is 32.9 Å². The van der Waals surface area contributed by atoms with E-state index in [1.54, 1.807) is 19.1 Å². The van der Waals surface area contributed by atoms with Crippen LogP contribution in [-0.4, -0.2) is 19.3 Å². The lowest BCUT2D eigenvalue weighted by Crippen LogP contribution is -2.14. The molecule has 0 aliphatic carbocycles. The Hall–Kier alpha value is -1.13. The zero-order valence-electron chi connectivity index (χ0n) is 10.6. The van der Waals surface area contributed by atoms with Crippen molar-refractivity contribution in [1.82, 2.24) is 0 Å². The van der Waals surface area contributed by atoms with Gasteiger partial charge in [0, 0.05) is 11.6 Å². The third-order valence-electron chi connectivity index (χ3n) is 2.26. The van der Waals surface area contributed by atoms with Gasteiger partial charge >= 0.3 is 0 Å². The molecular formula is C13H20FNO2. The van der Waals surface area contributed by atoms with Crippen LogP contribution in [0.25, 0.3) is 0 Å². The molecule has 0 saturated heterocycles. The number of benzene rings is 1. The summed E-state index contributed by atoms with van der Waals surface area (Å²) < 4.78 is 24.4. The summed E-state index contributed by atoms with van der Waals surface area (Å²) in [5, 5.41) is 0. The van der Waals surface area contributed by atoms with E-state index in [0.717, 1.165) is 0 Å². The highest BCUT2D eigenvalue weighted by atomic mass is 19.1. The highest BCUT2D eigenvalue weighted by molar-refractivity contribution is 5.36. The Kier molecular flexibility index (Phi) is 5.38. The molecule has 0 saturated carbocycles. The molecule has 2 N–H and O–H groups in total. The van der Waals surface area contributed by atoms with E-state index in [9.17, 15) is 4.39 Å². The van der Waals surface area contributed by atoms with Crippen molar-refractivity contribution in [3.05, 3.63) is 29.6 Å². The average molecular weight is 241 g/mol. The van der Waals surface area contributed by atoms with Gasteiger partial charge in [0.15, 0.2) is 0 Å². The number of hydrogen-bond donors (Lipinski definition) is 1. The summed E-state index contributed by atoms with van der Waals surface area (Å²) >= 11 is 0. The molecule has 1 rings (SSSR count). The molecular weight excluding hydrogens is 221 g/mol. The molecule has 0 aliphatic rings. The molecule has 17 heavy (non-hydrogen) atoms. The standard InChI is InChI=1S/C13H20FNO2/c1-9(2)16-7-8-17-12-6-4-5-11(14)13(12)10(3)15/h4-6,9-10H,7-8,15H2,1-3H3. The summed E-state index contributed by atoms with van der Waals surface area (Å²) in [6.07, 6.45) is 0.166. The number of hydrogen-bond acceptors (Lipinski definition) is 3. The summed E-state index contributed by atoms with van der Waals surface area (Å²) in [5.74, 6) is 0.162. The Labute approximate surface area is 102 Å². The minimum Gasteiger partial charge on any atom is -0.491 e. The minimum absolute atomic E-state index is 0.166. The van der Waals surface area contributed by atoms with Crippen LogP contribution in [0.1, 0.15) is 32.4 Å². The van der Waals surface area contributed by atoms with E-state index < -0.39 is 6.04 Å². The fourth-order valence-corrected chi connectivity index (χ4v) is 1.52. The fourth-order valence-electron chi connectivity index (χ4n) is 1.52. The molecule has 0 aliphatic heterocycles. The summed E-state index contributed by atoms with van der Waals surface area (Å²) in [6.45, 7) is 6.51. The topological polar surface area (TPSA) is 44.5 Å². The van der Waals surface area contributed by atoms with Crippen molar-refractivity contribution in [2.75, 3.05) is 13.2 Å². The molecule has 0 amide bonds. The molecule has 3 nitrogen and oxygen atoms in total. The predicted octanol–water partition coefficient (Wildman–Crippen LogP) is 2.65. The van der Waals surface area contributed by atoms with E-state index in [-0.39, 0.29) is 11.9 Å². The van der Waals surface area contributed by atoms with Crippen molar-refractivity contribution in [3.8, 4) is 5.75 Å². The van der Waals surface area contributed by atoms with Gasteiger partial charge in [0.05, 0.1) is 12.7 Å². The molecule has 1 unspecified atom stereocenters. The van der Waals surface area contributed by atoms with Gasteiger partial charge in [-0.25, -0.2) is 4.39 Å². The zero-order valence-corrected chi connectivity index (χ0v) is 10.6. The number of rotatable bonds is 6. The second-order valence-corrected chi connectivity index (χ2v) is 4.21. The zero-order chi connectivity index (χ0) is 12.8. The smallest absolute Gasteiger partial charge is 0.131 e. The Balaban J connectivity index is 2.61. The first-order valence-electron chi connectivity index (χ1n) is 5.80. The van der Waals surface area contributed by atoms with E-state index >= 15 is 0 Å². The first-order valence-corrected chi connectivity index (χ1v) is 5.80.